The second-order valence-corrected chi connectivity index (χ2v) is 8.93. The van der Waals surface area contributed by atoms with Crippen LogP contribution in [0.1, 0.15) is 0 Å². The summed E-state index contributed by atoms with van der Waals surface area (Å²) in [5.74, 6) is -0.590. The first-order chi connectivity index (χ1) is 11.7. The van der Waals surface area contributed by atoms with Crippen molar-refractivity contribution in [1.82, 2.24) is 0 Å². The Bertz CT molecular complexity index is 1160. The van der Waals surface area contributed by atoms with Gasteiger partial charge in [0.25, 0.3) is 0 Å². The van der Waals surface area contributed by atoms with Crippen molar-refractivity contribution in [2.45, 2.75) is 0 Å². The molecule has 0 bridgehead atoms. The first-order valence-corrected chi connectivity index (χ1v) is 10.6. The van der Waals surface area contributed by atoms with Crippen LogP contribution < -0.4 is 21.0 Å². The number of anilines is 1. The van der Waals surface area contributed by atoms with Crippen molar-refractivity contribution in [2.24, 2.45) is 0 Å². The van der Waals surface area contributed by atoms with Gasteiger partial charge in [-0.05, 0) is 0 Å². The minimum absolute atomic E-state index is 0.111. The number of nitrogens with two attached hydrogens (primary N) is 1. The molecule has 118 valence electrons. The van der Waals surface area contributed by atoms with Crippen LogP contribution in [0, 0.1) is 0 Å². The van der Waals surface area contributed by atoms with Crippen molar-refractivity contribution < 1.29 is 21.6 Å². The van der Waals surface area contributed by atoms with Crippen molar-refractivity contribution in [1.29, 1.82) is 0 Å². The average molecular weight is 377 g/mol. The number of hydrogen-bond acceptors (Lipinski definition) is 6. The summed E-state index contributed by atoms with van der Waals surface area (Å²) in [6, 6.07) is 9.99. The Morgan fingerprint density at radius 2 is 1.84 bits per heavy atom. The number of hydrogen-bond donors (Lipinski definition) is 2. The molecule has 0 saturated carbocycles. The molecule has 2 aromatic carbocycles. The van der Waals surface area contributed by atoms with Crippen molar-refractivity contribution in [3.8, 4) is 17.1 Å². The molecule has 3 aromatic rings. The number of rotatable bonds is 3. The van der Waals surface area contributed by atoms with Gasteiger partial charge in [-0.1, -0.05) is 0 Å². The van der Waals surface area contributed by atoms with E-state index in [-0.39, 0.29) is 16.5 Å². The minimum atomic E-state index is -4.87. The molecular weight excluding hydrogens is 368 g/mol. The molecule has 3 rings (SSSR count). The van der Waals surface area contributed by atoms with Crippen molar-refractivity contribution in [3.63, 3.8) is 0 Å². The molecule has 0 aliphatic rings. The molecule has 3 N–H and O–H groups in total. The molecule has 0 amide bonds. The molecule has 0 unspecified atom stereocenters. The first kappa shape index (κ1) is 18.9. The Hall–Kier alpha value is -0.840. The van der Waals surface area contributed by atoms with Crippen LogP contribution >= 0.6 is 0 Å². The first-order valence-electron chi connectivity index (χ1n) is 7.26. The van der Waals surface area contributed by atoms with Crippen molar-refractivity contribution in [2.75, 3.05) is 5.73 Å². The van der Waals surface area contributed by atoms with Crippen LogP contribution in [0.4, 0.5) is 5.69 Å². The summed E-state index contributed by atoms with van der Waals surface area (Å²) in [6.45, 7) is 0. The van der Waals surface area contributed by atoms with Gasteiger partial charge >= 0.3 is 180 Å². The second kappa shape index (κ2) is 7.05. The zero-order valence-corrected chi connectivity index (χ0v) is 18.3. The fourth-order valence-corrected chi connectivity index (χ4v) is 3.53. The van der Waals surface area contributed by atoms with Crippen molar-refractivity contribution in [3.05, 3.63) is 46.6 Å². The summed E-state index contributed by atoms with van der Waals surface area (Å²) < 4.78 is 43.3. The van der Waals surface area contributed by atoms with Gasteiger partial charge in [-0.2, -0.15) is 0 Å². The molecule has 7 nitrogen and oxygen atoms in total. The van der Waals surface area contributed by atoms with Crippen LogP contribution in [0.25, 0.3) is 22.1 Å². The van der Waals surface area contributed by atoms with Crippen molar-refractivity contribution >= 4 is 88.5 Å². The Morgan fingerprint density at radius 1 is 1.12 bits per heavy atom. The van der Waals surface area contributed by atoms with Gasteiger partial charge in [0, 0.05) is 0 Å². The van der Waals surface area contributed by atoms with Gasteiger partial charge in [0.1, 0.15) is 0 Å². The van der Waals surface area contributed by atoms with Gasteiger partial charge in [0.2, 0.25) is 0 Å². The normalized spacial score (nSPS) is 11.7. The molecule has 10 heteroatoms. The van der Waals surface area contributed by atoms with Gasteiger partial charge in [-0.3, -0.25) is 0 Å². The van der Waals surface area contributed by atoms with E-state index in [1.807, 2.05) is 0 Å². The Labute approximate surface area is 177 Å². The summed E-state index contributed by atoms with van der Waals surface area (Å²) in [5, 5.41) is 0.283. The van der Waals surface area contributed by atoms with E-state index in [9.17, 15) is 13.2 Å². The number of fused-ring (bicyclic) bond motifs is 1. The maximum atomic E-state index is 12.9. The van der Waals surface area contributed by atoms with Crippen LogP contribution in [0.3, 0.4) is 0 Å². The molecule has 0 aliphatic heterocycles. The van der Waals surface area contributed by atoms with Gasteiger partial charge in [0.15, 0.2) is 0 Å². The summed E-state index contributed by atoms with van der Waals surface area (Å²) >= 11 is 1.44. The Morgan fingerprint density at radius 3 is 2.48 bits per heavy atom. The van der Waals surface area contributed by atoms with Gasteiger partial charge < -0.3 is 0 Å². The summed E-state index contributed by atoms with van der Waals surface area (Å²) in [5.41, 5.74) is 6.35. The molecule has 0 spiro atoms. The van der Waals surface area contributed by atoms with Crippen LogP contribution in [0.5, 0.6) is 5.95 Å². The van der Waals surface area contributed by atoms with E-state index < -0.39 is 21.8 Å². The predicted octanol–water partition coefficient (Wildman–Crippen LogP) is -0.189. The predicted molar refractivity (Wildman–Crippen MR) is 95.3 cm³/mol. The fourth-order valence-electron chi connectivity index (χ4n) is 2.48. The molecule has 0 radical (unpaired) electrons. The summed E-state index contributed by atoms with van der Waals surface area (Å²) in [7, 11) is -4.87. The van der Waals surface area contributed by atoms with Crippen LogP contribution in [-0.2, 0) is 10.4 Å². The number of nitrogen functional groups attached to an aromatic ring is 1. The van der Waals surface area contributed by atoms with E-state index in [0.717, 1.165) is 61.5 Å². The average Bonchev–Trinajstić information content (AvgIpc) is 2.48. The van der Waals surface area contributed by atoms with E-state index >= 15 is 0 Å². The molecule has 0 saturated heterocycles. The molecule has 0 fully saturated rings. The fraction of sp³-hybridized carbons (Fsp3) is 0. The van der Waals surface area contributed by atoms with E-state index in [1.54, 1.807) is 36.4 Å². The van der Waals surface area contributed by atoms with Crippen LogP contribution in [0.2, 0.25) is 0 Å². The van der Waals surface area contributed by atoms with E-state index in [2.05, 4.69) is 4.18 Å². The zero-order chi connectivity index (χ0) is 18.4. The van der Waals surface area contributed by atoms with E-state index in [4.69, 9.17) is 14.7 Å². The monoisotopic (exact) mass is 377 g/mol. The molecule has 25 heavy (non-hydrogen) atoms. The molecule has 1 aromatic heterocycles. The Kier molecular flexibility index (Phi) is 5.34. The standard InChI is InChI=1S/C15H9NO6S.2Na/c16-10-5-3-4-9(8-10)13-14(17)11-6-1-2-7-12(11)21-15(13)22-23(18,19)20;;/h1,3-4,6-8H,16H2,(H,18,19,20);;. The van der Waals surface area contributed by atoms with E-state index in [0.29, 0.717) is 11.3 Å². The van der Waals surface area contributed by atoms with Gasteiger partial charge in [0.05, 0.1) is 0 Å². The number of benzene rings is 2. The van der Waals surface area contributed by atoms with Crippen LogP contribution in [-0.4, -0.2) is 68.8 Å². The summed E-state index contributed by atoms with van der Waals surface area (Å²) in [6.07, 6.45) is 0. The maximum absolute atomic E-state index is 12.9. The van der Waals surface area contributed by atoms with E-state index in [1.165, 1.54) is 0 Å². The molecule has 1 heterocycles. The molecule has 0 atom stereocenters. The van der Waals surface area contributed by atoms with Gasteiger partial charge in [-0.25, -0.2) is 0 Å². The molecule has 0 aliphatic carbocycles. The third kappa shape index (κ3) is 4.12. The third-order valence-corrected chi connectivity index (χ3v) is 5.66. The topological polar surface area (TPSA) is 120 Å². The quantitative estimate of drug-likeness (QED) is 0.369. The van der Waals surface area contributed by atoms with Gasteiger partial charge in [-0.15, -0.1) is 0 Å². The van der Waals surface area contributed by atoms with Crippen LogP contribution in [0.15, 0.2) is 45.6 Å². The third-order valence-electron chi connectivity index (χ3n) is 3.76. The SMILES string of the molecule is Nc1cc(-c2c(OS(=O)(=O)O)oc3c[c]([Na])ccc3c2=O)cc[c]1[Na]. The zero-order valence-electron chi connectivity index (χ0n) is 13.4. The molecular formula is C15H9NNa2O6S. The Balaban J connectivity index is 2.39. The summed E-state index contributed by atoms with van der Waals surface area (Å²) in [4.78, 5) is 12.9. The second-order valence-electron chi connectivity index (χ2n) is 5.68.